The van der Waals surface area contributed by atoms with E-state index in [0.717, 1.165) is 0 Å². The zero-order valence-electron chi connectivity index (χ0n) is 52.6. The first kappa shape index (κ1) is 62.0. The van der Waals surface area contributed by atoms with Crippen LogP contribution in [0.2, 0.25) is 0 Å². The molecule has 0 amide bonds. The third-order valence-electron chi connectivity index (χ3n) is 17.1. The van der Waals surface area contributed by atoms with Gasteiger partial charge in [0, 0.05) is 66.1 Å². The predicted molar refractivity (Wildman–Crippen MR) is 357 cm³/mol. The molecule has 1 aliphatic carbocycles. The van der Waals surface area contributed by atoms with E-state index < -0.39 is 47.8 Å². The molecule has 3 aliphatic rings. The van der Waals surface area contributed by atoms with Crippen LogP contribution in [0, 0.1) is 0 Å². The SMILES string of the molecule is COC(=O)c1cc2c(cc1C(=O)OC)-c1nc-2c(-c2ccccc2)c2[nH]c(c(-c3ccccc3)c3nc(c(-c4ccccc4)c4[nH]c(c1-c1ccccc1)c1cc(C(=O)OC)c(C(=O)OC)cc41)-c1cc(C(=O)OC)c(C(=O)OC)cc1-3)c1cc(C(=O)OC)c(C(=O)OC)cc21. The third kappa shape index (κ3) is 10.1. The molecule has 474 valence electrons. The maximum atomic E-state index is 14.3. The summed E-state index contributed by atoms with van der Waals surface area (Å²) >= 11 is 0. The van der Waals surface area contributed by atoms with E-state index in [0.29, 0.717) is 66.1 Å². The Bertz CT molecular complexity index is 4720. The van der Waals surface area contributed by atoms with Gasteiger partial charge in [-0.3, -0.25) is 0 Å². The molecule has 4 heterocycles. The number of carbonyl (C=O) groups is 8. The van der Waals surface area contributed by atoms with E-state index in [9.17, 15) is 38.4 Å². The van der Waals surface area contributed by atoms with Gasteiger partial charge in [-0.15, -0.1) is 0 Å². The minimum absolute atomic E-state index is 0.185. The van der Waals surface area contributed by atoms with E-state index in [1.165, 1.54) is 105 Å². The van der Waals surface area contributed by atoms with Crippen molar-refractivity contribution >= 4 is 91.4 Å². The minimum atomic E-state index is -0.894. The lowest BCUT2D eigenvalue weighted by molar-refractivity contribution is 0.0555. The number of rotatable bonds is 12. The molecule has 0 saturated heterocycles. The number of nitrogens with zero attached hydrogens (tertiary/aromatic N) is 2. The molecule has 20 heteroatoms. The van der Waals surface area contributed by atoms with Gasteiger partial charge < -0.3 is 47.9 Å². The maximum Gasteiger partial charge on any atom is 0.338 e. The van der Waals surface area contributed by atoms with Crippen LogP contribution >= 0.6 is 0 Å². The number of ether oxygens (including phenoxy) is 8. The van der Waals surface area contributed by atoms with Crippen LogP contribution in [0.25, 0.3) is 133 Å². The molecule has 0 saturated carbocycles. The van der Waals surface area contributed by atoms with Crippen molar-refractivity contribution in [2.45, 2.75) is 0 Å². The van der Waals surface area contributed by atoms with E-state index >= 15 is 0 Å². The molecule has 0 atom stereocenters. The number of methoxy groups -OCH3 is 8. The summed E-state index contributed by atoms with van der Waals surface area (Å²) in [6.45, 7) is 0. The average Bonchev–Trinajstić information content (AvgIpc) is 1.55. The van der Waals surface area contributed by atoms with Crippen molar-refractivity contribution in [3.8, 4) is 89.5 Å². The highest BCUT2D eigenvalue weighted by molar-refractivity contribution is 6.25. The summed E-state index contributed by atoms with van der Waals surface area (Å²) in [6, 6.07) is 48.5. The third-order valence-corrected chi connectivity index (χ3v) is 17.1. The fourth-order valence-corrected chi connectivity index (χ4v) is 12.8. The van der Waals surface area contributed by atoms with Gasteiger partial charge in [0.1, 0.15) is 0 Å². The van der Waals surface area contributed by atoms with Crippen molar-refractivity contribution < 1.29 is 76.3 Å². The largest absolute Gasteiger partial charge is 0.465 e. The first-order valence-electron chi connectivity index (χ1n) is 29.7. The summed E-state index contributed by atoms with van der Waals surface area (Å²) in [5.74, 6) is -7.14. The van der Waals surface area contributed by atoms with Gasteiger partial charge >= 0.3 is 47.8 Å². The molecule has 2 aliphatic heterocycles. The Kier molecular flexibility index (Phi) is 16.1. The highest BCUT2D eigenvalue weighted by atomic mass is 16.5. The molecule has 10 aromatic rings. The van der Waals surface area contributed by atoms with Crippen LogP contribution in [-0.2, 0) is 37.9 Å². The Morgan fingerprint density at radius 2 is 0.417 bits per heavy atom. The number of aromatic nitrogens is 4. The lowest BCUT2D eigenvalue weighted by atomic mass is 9.90. The molecule has 0 unspecified atom stereocenters. The number of hydrogen-bond donors (Lipinski definition) is 2. The lowest BCUT2D eigenvalue weighted by Crippen LogP contribution is -2.12. The molecule has 2 aromatic heterocycles. The van der Waals surface area contributed by atoms with Gasteiger partial charge in [0.25, 0.3) is 0 Å². The molecule has 96 heavy (non-hydrogen) atoms. The summed E-state index contributed by atoms with van der Waals surface area (Å²) < 4.78 is 43.1. The van der Waals surface area contributed by atoms with Gasteiger partial charge in [-0.2, -0.15) is 0 Å². The molecule has 0 fully saturated rings. The molecule has 0 spiro atoms. The van der Waals surface area contributed by atoms with Crippen molar-refractivity contribution in [3.63, 3.8) is 0 Å². The van der Waals surface area contributed by atoms with Gasteiger partial charge in [-0.25, -0.2) is 48.3 Å². The van der Waals surface area contributed by atoms with Gasteiger partial charge in [0.15, 0.2) is 0 Å². The first-order chi connectivity index (χ1) is 46.6. The summed E-state index contributed by atoms with van der Waals surface area (Å²) in [4.78, 5) is 134. The number of H-pyrrole nitrogens is 2. The lowest BCUT2D eigenvalue weighted by Gasteiger charge is -2.13. The summed E-state index contributed by atoms with van der Waals surface area (Å²) in [5.41, 5.74) is 4.89. The summed E-state index contributed by atoms with van der Waals surface area (Å²) in [7, 11) is 9.44. The quantitative estimate of drug-likeness (QED) is 0.0850. The van der Waals surface area contributed by atoms with E-state index in [4.69, 9.17) is 47.9 Å². The molecular weight excluding hydrogens is 1220 g/mol. The summed E-state index contributed by atoms with van der Waals surface area (Å²) in [5, 5.41) is 1.25. The van der Waals surface area contributed by atoms with Crippen molar-refractivity contribution in [2.75, 3.05) is 56.9 Å². The highest BCUT2D eigenvalue weighted by Crippen LogP contribution is 2.53. The van der Waals surface area contributed by atoms with Crippen LogP contribution in [0.1, 0.15) is 82.9 Å². The second-order valence-electron chi connectivity index (χ2n) is 22.0. The average molecular weight is 1280 g/mol. The Balaban J connectivity index is 1.46. The van der Waals surface area contributed by atoms with Gasteiger partial charge in [0.05, 0.1) is 146 Å². The molecule has 8 bridgehead atoms. The fraction of sp³-hybridized carbons (Fsp3) is 0.105. The number of esters is 8. The second-order valence-corrected chi connectivity index (χ2v) is 22.0. The number of hydrogen-bond acceptors (Lipinski definition) is 18. The number of benzene rings is 8. The standard InChI is InChI=1S/C76H54N4O16/c1-89-69(81)49-29-41-42(30-50(49)70(82)90-2)62-58(38-23-15-10-16-24-38)64-45-33-53(73(85)93-5)54(74(86)94-6)34-46(45)66(79-64)60(40-27-19-12-20-28-40)68-48-36-56(76(88)96-8)55(75(87)95-7)35-47(48)67(80-68)59(39-25-17-11-18-26-39)65-44-32-52(72(84)92-4)51(71(83)91-3)31-43(44)63(78-65)57(61(41)77-62)37-21-13-9-14-22-37/h9-36,77,80H,1-8H3. The van der Waals surface area contributed by atoms with Gasteiger partial charge in [-0.05, 0) is 70.8 Å². The van der Waals surface area contributed by atoms with Crippen molar-refractivity contribution in [1.29, 1.82) is 0 Å². The molecule has 0 radical (unpaired) electrons. The number of nitrogens with one attached hydrogen (secondary N) is 2. The Morgan fingerprint density at radius 1 is 0.250 bits per heavy atom. The monoisotopic (exact) mass is 1280 g/mol. The van der Waals surface area contributed by atoms with Crippen LogP contribution in [0.4, 0.5) is 0 Å². The van der Waals surface area contributed by atoms with Crippen LogP contribution in [0.3, 0.4) is 0 Å². The molecular formula is C76H54N4O16. The Morgan fingerprint density at radius 3 is 0.583 bits per heavy atom. The smallest absolute Gasteiger partial charge is 0.338 e. The zero-order valence-corrected chi connectivity index (χ0v) is 52.6. The van der Waals surface area contributed by atoms with Crippen molar-refractivity contribution in [2.24, 2.45) is 0 Å². The molecule has 20 nitrogen and oxygen atoms in total. The van der Waals surface area contributed by atoms with Gasteiger partial charge in [-0.1, -0.05) is 121 Å². The zero-order chi connectivity index (χ0) is 67.4. The van der Waals surface area contributed by atoms with E-state index in [1.54, 1.807) is 0 Å². The van der Waals surface area contributed by atoms with Crippen LogP contribution in [0.15, 0.2) is 170 Å². The minimum Gasteiger partial charge on any atom is -0.465 e. The fourth-order valence-electron chi connectivity index (χ4n) is 12.8. The Labute approximate surface area is 545 Å². The van der Waals surface area contributed by atoms with Crippen LogP contribution in [0.5, 0.6) is 0 Å². The van der Waals surface area contributed by atoms with E-state index in [1.807, 2.05) is 121 Å². The topological polar surface area (TPSA) is 268 Å². The summed E-state index contributed by atoms with van der Waals surface area (Å²) in [6.07, 6.45) is 0. The second kappa shape index (κ2) is 25.0. The predicted octanol–water partition coefficient (Wildman–Crippen LogP) is 14.2. The Hall–Kier alpha value is -12.8. The van der Waals surface area contributed by atoms with Crippen molar-refractivity contribution in [1.82, 2.24) is 19.9 Å². The van der Waals surface area contributed by atoms with E-state index in [-0.39, 0.29) is 112 Å². The maximum absolute atomic E-state index is 14.3. The molecule has 8 aromatic carbocycles. The molecule has 2 N–H and O–H groups in total. The van der Waals surface area contributed by atoms with Crippen LogP contribution in [-0.4, -0.2) is 125 Å². The molecule has 13 rings (SSSR count). The van der Waals surface area contributed by atoms with Crippen LogP contribution < -0.4 is 0 Å². The highest BCUT2D eigenvalue weighted by Gasteiger charge is 2.36. The van der Waals surface area contributed by atoms with Crippen molar-refractivity contribution in [3.05, 3.63) is 214 Å². The first-order valence-corrected chi connectivity index (χ1v) is 29.7. The number of carbonyl (C=O) groups excluding carboxylic acids is 8. The van der Waals surface area contributed by atoms with Gasteiger partial charge in [0.2, 0.25) is 0 Å². The number of aromatic amines is 2. The normalized spacial score (nSPS) is 11.2. The van der Waals surface area contributed by atoms with E-state index in [2.05, 4.69) is 9.97 Å².